The second-order valence-corrected chi connectivity index (χ2v) is 6.67. The highest BCUT2D eigenvalue weighted by Crippen LogP contribution is 2.16. The van der Waals surface area contributed by atoms with E-state index in [9.17, 15) is 4.79 Å². The standard InChI is InChI=1S/C11H24O.C6H12O2/c1-6-10(5)8-11(7-2)12-9(3)4;1-5(7)8-6(2,3)4/h9-11H,6-8H2,1-5H3;1-4H3. The smallest absolute Gasteiger partial charge is 0.303 e. The number of esters is 1. The van der Waals surface area contributed by atoms with Gasteiger partial charge >= 0.3 is 5.97 Å². The van der Waals surface area contributed by atoms with Gasteiger partial charge in [0.2, 0.25) is 0 Å². The lowest BCUT2D eigenvalue weighted by atomic mass is 9.99. The van der Waals surface area contributed by atoms with Crippen molar-refractivity contribution < 1.29 is 14.3 Å². The highest BCUT2D eigenvalue weighted by Gasteiger charge is 2.12. The molecular formula is C17H36O3. The van der Waals surface area contributed by atoms with Crippen molar-refractivity contribution in [1.82, 2.24) is 0 Å². The van der Waals surface area contributed by atoms with Crippen LogP contribution >= 0.6 is 0 Å². The van der Waals surface area contributed by atoms with Gasteiger partial charge in [0.05, 0.1) is 12.2 Å². The first kappa shape index (κ1) is 21.7. The third-order valence-electron chi connectivity index (χ3n) is 2.73. The van der Waals surface area contributed by atoms with Crippen LogP contribution < -0.4 is 0 Å². The van der Waals surface area contributed by atoms with Gasteiger partial charge in [-0.15, -0.1) is 0 Å². The molecule has 0 saturated carbocycles. The molecule has 0 fully saturated rings. The van der Waals surface area contributed by atoms with Crippen LogP contribution in [0.15, 0.2) is 0 Å². The van der Waals surface area contributed by atoms with Crippen molar-refractivity contribution in [3.63, 3.8) is 0 Å². The molecule has 0 aromatic rings. The Morgan fingerprint density at radius 2 is 1.55 bits per heavy atom. The van der Waals surface area contributed by atoms with E-state index in [0.29, 0.717) is 12.2 Å². The summed E-state index contributed by atoms with van der Waals surface area (Å²) in [5.41, 5.74) is -0.328. The van der Waals surface area contributed by atoms with E-state index in [1.54, 1.807) is 0 Å². The summed E-state index contributed by atoms with van der Waals surface area (Å²) in [4.78, 5) is 10.2. The summed E-state index contributed by atoms with van der Waals surface area (Å²) in [5, 5.41) is 0. The fourth-order valence-electron chi connectivity index (χ4n) is 1.75. The van der Waals surface area contributed by atoms with Crippen LogP contribution in [-0.2, 0) is 14.3 Å². The Morgan fingerprint density at radius 1 is 1.05 bits per heavy atom. The maximum atomic E-state index is 10.2. The number of hydrogen-bond acceptors (Lipinski definition) is 3. The van der Waals surface area contributed by atoms with Crippen molar-refractivity contribution in [3.05, 3.63) is 0 Å². The Morgan fingerprint density at radius 3 is 1.75 bits per heavy atom. The minimum atomic E-state index is -0.328. The van der Waals surface area contributed by atoms with Gasteiger partial charge in [0.25, 0.3) is 0 Å². The molecule has 0 aromatic carbocycles. The van der Waals surface area contributed by atoms with Crippen molar-refractivity contribution in [2.24, 2.45) is 5.92 Å². The van der Waals surface area contributed by atoms with E-state index in [2.05, 4.69) is 34.6 Å². The van der Waals surface area contributed by atoms with Gasteiger partial charge in [-0.3, -0.25) is 4.79 Å². The summed E-state index contributed by atoms with van der Waals surface area (Å²) in [6.07, 6.45) is 4.46. The molecule has 122 valence electrons. The van der Waals surface area contributed by atoms with Crippen LogP contribution in [-0.4, -0.2) is 23.8 Å². The molecule has 0 rings (SSSR count). The average Bonchev–Trinajstić information content (AvgIpc) is 2.24. The van der Waals surface area contributed by atoms with E-state index >= 15 is 0 Å². The summed E-state index contributed by atoms with van der Waals surface area (Å²) in [6, 6.07) is 0. The van der Waals surface area contributed by atoms with Crippen LogP contribution in [0.2, 0.25) is 0 Å². The third-order valence-corrected chi connectivity index (χ3v) is 2.73. The molecule has 0 aromatic heterocycles. The summed E-state index contributed by atoms with van der Waals surface area (Å²) < 4.78 is 10.6. The average molecular weight is 288 g/mol. The number of hydrogen-bond donors (Lipinski definition) is 0. The molecule has 3 nitrogen and oxygen atoms in total. The van der Waals surface area contributed by atoms with E-state index in [4.69, 9.17) is 9.47 Å². The first-order valence-corrected chi connectivity index (χ1v) is 7.86. The van der Waals surface area contributed by atoms with Gasteiger partial charge < -0.3 is 9.47 Å². The molecule has 2 atom stereocenters. The molecule has 0 aliphatic carbocycles. The zero-order valence-corrected chi connectivity index (χ0v) is 15.1. The van der Waals surface area contributed by atoms with Gasteiger partial charge in [0.15, 0.2) is 0 Å². The Balaban J connectivity index is 0. The van der Waals surface area contributed by atoms with Crippen molar-refractivity contribution in [2.45, 2.75) is 99.4 Å². The zero-order valence-electron chi connectivity index (χ0n) is 15.1. The monoisotopic (exact) mass is 288 g/mol. The number of carbonyl (C=O) groups excluding carboxylic acids is 1. The maximum absolute atomic E-state index is 10.2. The lowest BCUT2D eigenvalue weighted by molar-refractivity contribution is -0.151. The van der Waals surface area contributed by atoms with Gasteiger partial charge in [-0.1, -0.05) is 27.2 Å². The molecule has 0 saturated heterocycles. The van der Waals surface area contributed by atoms with Gasteiger partial charge in [-0.25, -0.2) is 0 Å². The van der Waals surface area contributed by atoms with Crippen molar-refractivity contribution in [2.75, 3.05) is 0 Å². The van der Waals surface area contributed by atoms with Crippen molar-refractivity contribution in [1.29, 1.82) is 0 Å². The molecule has 0 spiro atoms. The molecule has 0 amide bonds. The van der Waals surface area contributed by atoms with Crippen molar-refractivity contribution in [3.8, 4) is 0 Å². The molecular weight excluding hydrogens is 252 g/mol. The fourth-order valence-corrected chi connectivity index (χ4v) is 1.75. The number of ether oxygens (including phenoxy) is 2. The lowest BCUT2D eigenvalue weighted by Gasteiger charge is -2.21. The van der Waals surface area contributed by atoms with E-state index in [1.165, 1.54) is 19.8 Å². The van der Waals surface area contributed by atoms with E-state index in [1.807, 2.05) is 20.8 Å². The molecule has 0 aliphatic rings. The quantitative estimate of drug-likeness (QED) is 0.647. The highest BCUT2D eigenvalue weighted by atomic mass is 16.6. The summed E-state index contributed by atoms with van der Waals surface area (Å²) in [6.45, 7) is 17.9. The topological polar surface area (TPSA) is 35.5 Å². The maximum Gasteiger partial charge on any atom is 0.303 e. The van der Waals surface area contributed by atoms with E-state index < -0.39 is 0 Å². The first-order valence-electron chi connectivity index (χ1n) is 7.86. The summed E-state index contributed by atoms with van der Waals surface area (Å²) >= 11 is 0. The largest absolute Gasteiger partial charge is 0.460 e. The second kappa shape index (κ2) is 11.1. The van der Waals surface area contributed by atoms with Crippen molar-refractivity contribution >= 4 is 5.97 Å². The van der Waals surface area contributed by atoms with Crippen LogP contribution in [0.25, 0.3) is 0 Å². The van der Waals surface area contributed by atoms with Crippen LogP contribution in [0, 0.1) is 5.92 Å². The van der Waals surface area contributed by atoms with E-state index in [0.717, 1.165) is 12.3 Å². The van der Waals surface area contributed by atoms with Crippen LogP contribution in [0.4, 0.5) is 0 Å². The predicted octanol–water partition coefficient (Wildman–Crippen LogP) is 4.97. The number of carbonyl (C=O) groups is 1. The zero-order chi connectivity index (χ0) is 16.3. The predicted molar refractivity (Wildman–Crippen MR) is 85.9 cm³/mol. The molecule has 3 heteroatoms. The van der Waals surface area contributed by atoms with Crippen LogP contribution in [0.1, 0.15) is 81.6 Å². The minimum Gasteiger partial charge on any atom is -0.460 e. The van der Waals surface area contributed by atoms with Gasteiger partial charge in [-0.05, 0) is 53.4 Å². The molecule has 0 radical (unpaired) electrons. The Hall–Kier alpha value is -0.570. The van der Waals surface area contributed by atoms with Gasteiger partial charge in [0.1, 0.15) is 5.60 Å². The summed E-state index contributed by atoms with van der Waals surface area (Å²) in [7, 11) is 0. The second-order valence-electron chi connectivity index (χ2n) is 6.67. The first-order chi connectivity index (χ1) is 9.01. The Labute approximate surface area is 126 Å². The molecule has 0 heterocycles. The van der Waals surface area contributed by atoms with Gasteiger partial charge in [-0.2, -0.15) is 0 Å². The number of rotatable bonds is 6. The fraction of sp³-hybridized carbons (Fsp3) is 0.941. The molecule has 20 heavy (non-hydrogen) atoms. The summed E-state index contributed by atoms with van der Waals surface area (Å²) in [5.74, 6) is 0.575. The third kappa shape index (κ3) is 17.4. The molecule has 0 bridgehead atoms. The Bertz CT molecular complexity index is 241. The van der Waals surface area contributed by atoms with E-state index in [-0.39, 0.29) is 11.6 Å². The lowest BCUT2D eigenvalue weighted by Crippen LogP contribution is -2.21. The SMILES string of the molecule is CC(=O)OC(C)(C)C.CCC(C)CC(CC)OC(C)C. The highest BCUT2D eigenvalue weighted by molar-refractivity contribution is 5.66. The van der Waals surface area contributed by atoms with Gasteiger partial charge in [0, 0.05) is 6.92 Å². The molecule has 0 aliphatic heterocycles. The molecule has 2 unspecified atom stereocenters. The van der Waals surface area contributed by atoms with Crippen LogP contribution in [0.5, 0.6) is 0 Å². The Kier molecular flexibility index (Phi) is 12.1. The molecule has 0 N–H and O–H groups in total. The minimum absolute atomic E-state index is 0.225. The normalized spacial score (nSPS) is 14.3. The van der Waals surface area contributed by atoms with Crippen LogP contribution in [0.3, 0.4) is 0 Å².